The number of nitrogens with zero attached hydrogens (tertiary/aromatic N) is 2. The lowest BCUT2D eigenvalue weighted by Crippen LogP contribution is -2.46. The van der Waals surface area contributed by atoms with Crippen LogP contribution in [0.25, 0.3) is 0 Å². The molecule has 3 nitrogen and oxygen atoms in total. The van der Waals surface area contributed by atoms with Gasteiger partial charge in [0.05, 0.1) is 0 Å². The quantitative estimate of drug-likeness (QED) is 0.925. The molecule has 0 radical (unpaired) electrons. The smallest absolute Gasteiger partial charge is 0.159 e. The Bertz CT molecular complexity index is 486. The number of nitrogens with two attached hydrogens (primary N) is 1. The minimum Gasteiger partial charge on any atom is -0.328 e. The molecule has 0 saturated carbocycles. The summed E-state index contributed by atoms with van der Waals surface area (Å²) in [5, 5.41) is 0. The Balaban J connectivity index is 1.53. The number of benzene rings is 1. The van der Waals surface area contributed by atoms with Crippen molar-refractivity contribution in [2.75, 3.05) is 26.2 Å². The molecule has 2 heterocycles. The molecule has 2 fully saturated rings. The predicted molar refractivity (Wildman–Crippen MR) is 78.8 cm³/mol. The van der Waals surface area contributed by atoms with Gasteiger partial charge in [-0.25, -0.2) is 8.78 Å². The van der Waals surface area contributed by atoms with Crippen molar-refractivity contribution in [3.05, 3.63) is 35.4 Å². The molecule has 0 spiro atoms. The van der Waals surface area contributed by atoms with Crippen LogP contribution in [-0.2, 0) is 6.54 Å². The van der Waals surface area contributed by atoms with E-state index >= 15 is 0 Å². The Kier molecular flexibility index (Phi) is 4.52. The molecule has 5 heteroatoms. The number of halogens is 2. The maximum absolute atomic E-state index is 13.2. The lowest BCUT2D eigenvalue weighted by atomic mass is 10.0. The van der Waals surface area contributed by atoms with Gasteiger partial charge in [0.2, 0.25) is 0 Å². The maximum atomic E-state index is 13.2. The van der Waals surface area contributed by atoms with Gasteiger partial charge in [0.1, 0.15) is 0 Å². The minimum atomic E-state index is -0.775. The highest BCUT2D eigenvalue weighted by molar-refractivity contribution is 5.17. The van der Waals surface area contributed by atoms with Gasteiger partial charge in [-0.3, -0.25) is 9.80 Å². The van der Waals surface area contributed by atoms with Crippen LogP contribution < -0.4 is 5.73 Å². The molecule has 1 unspecified atom stereocenters. The molecular formula is C16H23F2N3. The Morgan fingerprint density at radius 2 is 1.81 bits per heavy atom. The molecule has 0 aliphatic carbocycles. The van der Waals surface area contributed by atoms with Crippen LogP contribution >= 0.6 is 0 Å². The molecule has 1 aromatic carbocycles. The third kappa shape index (κ3) is 3.59. The van der Waals surface area contributed by atoms with Crippen LogP contribution in [0, 0.1) is 11.6 Å². The van der Waals surface area contributed by atoms with Gasteiger partial charge in [0.25, 0.3) is 0 Å². The van der Waals surface area contributed by atoms with E-state index in [-0.39, 0.29) is 0 Å². The van der Waals surface area contributed by atoms with E-state index in [2.05, 4.69) is 9.80 Å². The first-order valence-electron chi connectivity index (χ1n) is 7.78. The van der Waals surface area contributed by atoms with Crippen molar-refractivity contribution in [3.63, 3.8) is 0 Å². The topological polar surface area (TPSA) is 32.5 Å². The summed E-state index contributed by atoms with van der Waals surface area (Å²) in [5.74, 6) is -1.53. The van der Waals surface area contributed by atoms with Gasteiger partial charge in [0.15, 0.2) is 11.6 Å². The lowest BCUT2D eigenvalue weighted by Gasteiger charge is -2.34. The molecule has 21 heavy (non-hydrogen) atoms. The van der Waals surface area contributed by atoms with Gasteiger partial charge < -0.3 is 5.73 Å². The van der Waals surface area contributed by atoms with Gasteiger partial charge in [-0.15, -0.1) is 0 Å². The monoisotopic (exact) mass is 295 g/mol. The Morgan fingerprint density at radius 3 is 2.52 bits per heavy atom. The summed E-state index contributed by atoms with van der Waals surface area (Å²) in [6, 6.07) is 5.14. The van der Waals surface area contributed by atoms with Gasteiger partial charge in [-0.2, -0.15) is 0 Å². The van der Waals surface area contributed by atoms with Crippen molar-refractivity contribution in [2.45, 2.75) is 37.9 Å². The van der Waals surface area contributed by atoms with E-state index in [1.54, 1.807) is 6.07 Å². The SMILES string of the molecule is NC1CCN(C2CCN(Cc3ccc(F)c(F)c3)C2)CC1. The van der Waals surface area contributed by atoms with Gasteiger partial charge in [-0.1, -0.05) is 6.07 Å². The van der Waals surface area contributed by atoms with Crippen molar-refractivity contribution in [1.82, 2.24) is 9.80 Å². The summed E-state index contributed by atoms with van der Waals surface area (Å²) in [7, 11) is 0. The fourth-order valence-electron chi connectivity index (χ4n) is 3.43. The van der Waals surface area contributed by atoms with Crippen LogP contribution in [0.15, 0.2) is 18.2 Å². The molecule has 3 rings (SSSR count). The normalized spacial score (nSPS) is 25.6. The van der Waals surface area contributed by atoms with Crippen molar-refractivity contribution in [2.24, 2.45) is 5.73 Å². The molecule has 1 atom stereocenters. The minimum absolute atomic E-state index is 0.362. The molecule has 0 amide bonds. The van der Waals surface area contributed by atoms with E-state index in [4.69, 9.17) is 5.73 Å². The highest BCUT2D eigenvalue weighted by Crippen LogP contribution is 2.21. The second-order valence-corrected chi connectivity index (χ2v) is 6.30. The first kappa shape index (κ1) is 14.9. The summed E-state index contributed by atoms with van der Waals surface area (Å²) in [6.45, 7) is 4.90. The van der Waals surface area contributed by atoms with Crippen LogP contribution in [0.1, 0.15) is 24.8 Å². The second-order valence-electron chi connectivity index (χ2n) is 6.30. The number of hydrogen-bond donors (Lipinski definition) is 1. The first-order chi connectivity index (χ1) is 10.1. The zero-order valence-corrected chi connectivity index (χ0v) is 12.3. The molecular weight excluding hydrogens is 272 g/mol. The van der Waals surface area contributed by atoms with Crippen molar-refractivity contribution in [1.29, 1.82) is 0 Å². The fourth-order valence-corrected chi connectivity index (χ4v) is 3.43. The number of rotatable bonds is 3. The van der Waals surface area contributed by atoms with Crippen LogP contribution in [0.2, 0.25) is 0 Å². The van der Waals surface area contributed by atoms with Crippen LogP contribution in [-0.4, -0.2) is 48.1 Å². The van der Waals surface area contributed by atoms with Crippen LogP contribution in [0.4, 0.5) is 8.78 Å². The zero-order valence-electron chi connectivity index (χ0n) is 12.3. The van der Waals surface area contributed by atoms with Crippen LogP contribution in [0.3, 0.4) is 0 Å². The summed E-state index contributed by atoms with van der Waals surface area (Å²) in [6.07, 6.45) is 3.32. The lowest BCUT2D eigenvalue weighted by molar-refractivity contribution is 0.151. The van der Waals surface area contributed by atoms with E-state index in [0.717, 1.165) is 51.0 Å². The zero-order chi connectivity index (χ0) is 14.8. The summed E-state index contributed by atoms with van der Waals surface area (Å²) in [5.41, 5.74) is 6.79. The summed E-state index contributed by atoms with van der Waals surface area (Å²) >= 11 is 0. The van der Waals surface area contributed by atoms with Crippen LogP contribution in [0.5, 0.6) is 0 Å². The largest absolute Gasteiger partial charge is 0.328 e. The Morgan fingerprint density at radius 1 is 1.05 bits per heavy atom. The van der Waals surface area contributed by atoms with E-state index in [1.165, 1.54) is 12.1 Å². The molecule has 2 aliphatic heterocycles. The Labute approximate surface area is 124 Å². The first-order valence-corrected chi connectivity index (χ1v) is 7.78. The van der Waals surface area contributed by atoms with Crippen molar-refractivity contribution >= 4 is 0 Å². The number of likely N-dealkylation sites (tertiary alicyclic amines) is 2. The second kappa shape index (κ2) is 6.38. The molecule has 1 aromatic rings. The molecule has 2 aliphatic rings. The molecule has 2 saturated heterocycles. The Hall–Kier alpha value is -1.04. The van der Waals surface area contributed by atoms with Gasteiger partial charge >= 0.3 is 0 Å². The standard InChI is InChI=1S/C16H23F2N3/c17-15-2-1-12(9-16(15)18)10-20-6-5-14(11-20)21-7-3-13(19)4-8-21/h1-2,9,13-14H,3-8,10-11,19H2. The van der Waals surface area contributed by atoms with E-state index < -0.39 is 11.6 Å². The van der Waals surface area contributed by atoms with Crippen molar-refractivity contribution in [3.8, 4) is 0 Å². The molecule has 0 bridgehead atoms. The summed E-state index contributed by atoms with van der Waals surface area (Å²) in [4.78, 5) is 4.86. The number of piperidine rings is 1. The van der Waals surface area contributed by atoms with Crippen molar-refractivity contribution < 1.29 is 8.78 Å². The molecule has 2 N–H and O–H groups in total. The fraction of sp³-hybridized carbons (Fsp3) is 0.625. The average Bonchev–Trinajstić information content (AvgIpc) is 2.92. The molecule has 0 aromatic heterocycles. The average molecular weight is 295 g/mol. The maximum Gasteiger partial charge on any atom is 0.159 e. The van der Waals surface area contributed by atoms with Gasteiger partial charge in [-0.05, 0) is 50.0 Å². The number of hydrogen-bond acceptors (Lipinski definition) is 3. The third-order valence-electron chi connectivity index (χ3n) is 4.73. The van der Waals surface area contributed by atoms with E-state index in [9.17, 15) is 8.78 Å². The third-order valence-corrected chi connectivity index (χ3v) is 4.73. The van der Waals surface area contributed by atoms with E-state index in [1.807, 2.05) is 0 Å². The van der Waals surface area contributed by atoms with Gasteiger partial charge in [0, 0.05) is 31.7 Å². The summed E-state index contributed by atoms with van der Waals surface area (Å²) < 4.78 is 26.2. The van der Waals surface area contributed by atoms with E-state index in [0.29, 0.717) is 18.6 Å². The highest BCUT2D eigenvalue weighted by Gasteiger charge is 2.29. The molecule has 116 valence electrons. The predicted octanol–water partition coefficient (Wildman–Crippen LogP) is 1.96. The highest BCUT2D eigenvalue weighted by atomic mass is 19.2.